The third-order valence-corrected chi connectivity index (χ3v) is 4.38. The van der Waals surface area contributed by atoms with Gasteiger partial charge < -0.3 is 4.74 Å². The van der Waals surface area contributed by atoms with E-state index in [1.807, 2.05) is 36.4 Å². The molecule has 0 heterocycles. The predicted octanol–water partition coefficient (Wildman–Crippen LogP) is 4.69. The van der Waals surface area contributed by atoms with E-state index in [4.69, 9.17) is 4.74 Å². The third-order valence-electron chi connectivity index (χ3n) is 4.38. The molecule has 0 aliphatic heterocycles. The van der Waals surface area contributed by atoms with E-state index in [1.165, 1.54) is 0 Å². The number of benzene rings is 2. The fourth-order valence-corrected chi connectivity index (χ4v) is 2.93. The summed E-state index contributed by atoms with van der Waals surface area (Å²) < 4.78 is 6.09. The molecule has 0 amide bonds. The maximum absolute atomic E-state index is 9.20. The molecule has 3 rings (SSSR count). The standard InChI is InChI=1S/C19H19NO/c1-14-6-2-3-7-16(14)13-21-19-11-10-15(12-20)17-8-4-5-9-18(17)19/h2-5,8-11,14,16H,6-7,13H2,1H3. The number of ether oxygens (including phenoxy) is 1. The zero-order valence-corrected chi connectivity index (χ0v) is 12.3. The molecule has 2 heteroatoms. The van der Waals surface area contributed by atoms with Crippen molar-refractivity contribution in [2.45, 2.75) is 19.8 Å². The van der Waals surface area contributed by atoms with Crippen LogP contribution in [0.5, 0.6) is 5.75 Å². The van der Waals surface area contributed by atoms with Gasteiger partial charge in [0.25, 0.3) is 0 Å². The minimum Gasteiger partial charge on any atom is -0.493 e. The molecule has 0 fully saturated rings. The van der Waals surface area contributed by atoms with Crippen molar-refractivity contribution in [3.05, 3.63) is 54.1 Å². The Balaban J connectivity index is 1.85. The number of allylic oxidation sites excluding steroid dienone is 2. The van der Waals surface area contributed by atoms with Crippen LogP contribution in [0.1, 0.15) is 25.3 Å². The minimum atomic E-state index is 0.574. The van der Waals surface area contributed by atoms with Gasteiger partial charge in [-0.1, -0.05) is 43.3 Å². The molecule has 0 bridgehead atoms. The van der Waals surface area contributed by atoms with Crippen LogP contribution in [0.4, 0.5) is 0 Å². The fourth-order valence-electron chi connectivity index (χ4n) is 2.93. The van der Waals surface area contributed by atoms with Gasteiger partial charge in [0.2, 0.25) is 0 Å². The lowest BCUT2D eigenvalue weighted by molar-refractivity contribution is 0.200. The molecule has 2 aromatic carbocycles. The van der Waals surface area contributed by atoms with Gasteiger partial charge in [-0.3, -0.25) is 0 Å². The maximum atomic E-state index is 9.20. The zero-order chi connectivity index (χ0) is 14.7. The van der Waals surface area contributed by atoms with Gasteiger partial charge in [0.15, 0.2) is 0 Å². The second kappa shape index (κ2) is 6.01. The lowest BCUT2D eigenvalue weighted by Gasteiger charge is -2.25. The van der Waals surface area contributed by atoms with Crippen LogP contribution in [0.15, 0.2) is 48.6 Å². The predicted molar refractivity (Wildman–Crippen MR) is 85.2 cm³/mol. The number of rotatable bonds is 3. The van der Waals surface area contributed by atoms with Crippen LogP contribution >= 0.6 is 0 Å². The topological polar surface area (TPSA) is 33.0 Å². The first-order chi connectivity index (χ1) is 10.3. The molecule has 2 atom stereocenters. The second-order valence-electron chi connectivity index (χ2n) is 5.76. The average Bonchev–Trinajstić information content (AvgIpc) is 2.54. The Hall–Kier alpha value is -2.27. The molecule has 2 aromatic rings. The highest BCUT2D eigenvalue weighted by atomic mass is 16.5. The molecule has 0 radical (unpaired) electrons. The lowest BCUT2D eigenvalue weighted by Crippen LogP contribution is -2.21. The molecule has 1 aliphatic carbocycles. The van der Waals surface area contributed by atoms with Crippen molar-refractivity contribution in [3.8, 4) is 11.8 Å². The van der Waals surface area contributed by atoms with Crippen LogP contribution in [-0.2, 0) is 0 Å². The van der Waals surface area contributed by atoms with Crippen LogP contribution in [0.3, 0.4) is 0 Å². The Kier molecular flexibility index (Phi) is 3.92. The molecular formula is C19H19NO. The molecular weight excluding hydrogens is 258 g/mol. The number of fused-ring (bicyclic) bond motifs is 1. The smallest absolute Gasteiger partial charge is 0.127 e. The summed E-state index contributed by atoms with van der Waals surface area (Å²) in [5.74, 6) is 2.12. The molecule has 106 valence electrons. The highest BCUT2D eigenvalue weighted by Crippen LogP contribution is 2.30. The Labute approximate surface area is 125 Å². The number of hydrogen-bond donors (Lipinski definition) is 0. The van der Waals surface area contributed by atoms with Gasteiger partial charge in [-0.2, -0.15) is 5.26 Å². The van der Waals surface area contributed by atoms with Crippen molar-refractivity contribution >= 4 is 10.8 Å². The summed E-state index contributed by atoms with van der Waals surface area (Å²) >= 11 is 0. The molecule has 0 spiro atoms. The summed E-state index contributed by atoms with van der Waals surface area (Å²) in [5, 5.41) is 11.2. The number of nitrogens with zero attached hydrogens (tertiary/aromatic N) is 1. The van der Waals surface area contributed by atoms with Gasteiger partial charge in [-0.15, -0.1) is 0 Å². The number of nitriles is 1. The first-order valence-electron chi connectivity index (χ1n) is 7.49. The molecule has 0 saturated heterocycles. The molecule has 2 unspecified atom stereocenters. The summed E-state index contributed by atoms with van der Waals surface area (Å²) in [5.41, 5.74) is 0.701. The summed E-state index contributed by atoms with van der Waals surface area (Å²) in [4.78, 5) is 0. The van der Waals surface area contributed by atoms with Crippen molar-refractivity contribution in [1.29, 1.82) is 5.26 Å². The molecule has 2 nitrogen and oxygen atoms in total. The van der Waals surface area contributed by atoms with E-state index < -0.39 is 0 Å². The second-order valence-corrected chi connectivity index (χ2v) is 5.76. The lowest BCUT2D eigenvalue weighted by atomic mass is 9.85. The van der Waals surface area contributed by atoms with Crippen LogP contribution in [0.25, 0.3) is 10.8 Å². The van der Waals surface area contributed by atoms with Crippen molar-refractivity contribution in [1.82, 2.24) is 0 Å². The monoisotopic (exact) mass is 277 g/mol. The third kappa shape index (κ3) is 2.78. The van der Waals surface area contributed by atoms with Gasteiger partial charge >= 0.3 is 0 Å². The van der Waals surface area contributed by atoms with Crippen molar-refractivity contribution in [3.63, 3.8) is 0 Å². The summed E-state index contributed by atoms with van der Waals surface area (Å²) in [6, 6.07) is 14.0. The van der Waals surface area contributed by atoms with E-state index in [9.17, 15) is 5.26 Å². The first kappa shape index (κ1) is 13.7. The largest absolute Gasteiger partial charge is 0.493 e. The molecule has 0 aromatic heterocycles. The normalized spacial score (nSPS) is 21.1. The average molecular weight is 277 g/mol. The van der Waals surface area contributed by atoms with Crippen LogP contribution in [0.2, 0.25) is 0 Å². The Bertz CT molecular complexity index is 711. The highest BCUT2D eigenvalue weighted by molar-refractivity contribution is 5.92. The van der Waals surface area contributed by atoms with Crippen LogP contribution in [0, 0.1) is 23.2 Å². The van der Waals surface area contributed by atoms with Gasteiger partial charge in [0.1, 0.15) is 5.75 Å². The molecule has 0 saturated carbocycles. The maximum Gasteiger partial charge on any atom is 0.127 e. The minimum absolute atomic E-state index is 0.574. The van der Waals surface area contributed by atoms with Gasteiger partial charge in [-0.05, 0) is 36.8 Å². The van der Waals surface area contributed by atoms with Gasteiger partial charge in [0.05, 0.1) is 18.2 Å². The summed E-state index contributed by atoms with van der Waals surface area (Å²) in [6.45, 7) is 3.02. The van der Waals surface area contributed by atoms with Crippen molar-refractivity contribution in [2.24, 2.45) is 11.8 Å². The van der Waals surface area contributed by atoms with E-state index in [1.54, 1.807) is 0 Å². The van der Waals surface area contributed by atoms with Crippen molar-refractivity contribution in [2.75, 3.05) is 6.61 Å². The van der Waals surface area contributed by atoms with E-state index >= 15 is 0 Å². The zero-order valence-electron chi connectivity index (χ0n) is 12.3. The van der Waals surface area contributed by atoms with E-state index in [0.29, 0.717) is 17.4 Å². The molecule has 21 heavy (non-hydrogen) atoms. The summed E-state index contributed by atoms with van der Waals surface area (Å²) in [7, 11) is 0. The Morgan fingerprint density at radius 3 is 2.62 bits per heavy atom. The highest BCUT2D eigenvalue weighted by Gasteiger charge is 2.19. The summed E-state index contributed by atoms with van der Waals surface area (Å²) in [6.07, 6.45) is 6.75. The Morgan fingerprint density at radius 2 is 1.86 bits per heavy atom. The van der Waals surface area contributed by atoms with E-state index in [-0.39, 0.29) is 0 Å². The van der Waals surface area contributed by atoms with Gasteiger partial charge in [-0.25, -0.2) is 0 Å². The molecule has 0 N–H and O–H groups in total. The number of hydrogen-bond acceptors (Lipinski definition) is 2. The molecule has 1 aliphatic rings. The van der Waals surface area contributed by atoms with E-state index in [0.717, 1.165) is 36.0 Å². The van der Waals surface area contributed by atoms with Crippen molar-refractivity contribution < 1.29 is 4.74 Å². The first-order valence-corrected chi connectivity index (χ1v) is 7.49. The fraction of sp³-hybridized carbons (Fsp3) is 0.316. The SMILES string of the molecule is CC1CC=CCC1COc1ccc(C#N)c2ccccc12. The van der Waals surface area contributed by atoms with Crippen LogP contribution in [-0.4, -0.2) is 6.61 Å². The Morgan fingerprint density at radius 1 is 1.10 bits per heavy atom. The van der Waals surface area contributed by atoms with Crippen LogP contribution < -0.4 is 4.74 Å². The quantitative estimate of drug-likeness (QED) is 0.762. The van der Waals surface area contributed by atoms with Gasteiger partial charge in [0, 0.05) is 10.8 Å². The van der Waals surface area contributed by atoms with E-state index in [2.05, 4.69) is 25.1 Å².